The molecule has 1 heterocycles. The number of unbranched alkanes of at least 4 members (excludes halogenated alkanes) is 1. The first kappa shape index (κ1) is 24.6. The average molecular weight is 473 g/mol. The van der Waals surface area contributed by atoms with Gasteiger partial charge >= 0.3 is 0 Å². The highest BCUT2D eigenvalue weighted by atomic mass is 28.3. The van der Waals surface area contributed by atoms with Gasteiger partial charge in [-0.3, -0.25) is 0 Å². The molecule has 4 heteroatoms. The predicted molar refractivity (Wildman–Crippen MR) is 135 cm³/mol. The van der Waals surface area contributed by atoms with Gasteiger partial charge in [0.05, 0.1) is 0 Å². The smallest absolute Gasteiger partial charge is 0.159 e. The van der Waals surface area contributed by atoms with Crippen molar-refractivity contribution in [2.45, 2.75) is 95.2 Å². The van der Waals surface area contributed by atoms with E-state index in [-0.39, 0.29) is 14.6 Å². The van der Waals surface area contributed by atoms with Gasteiger partial charge in [-0.25, -0.2) is 13.2 Å². The molecular formula is C29H39F3Si. The van der Waals surface area contributed by atoms with E-state index in [1.807, 2.05) is 6.07 Å². The van der Waals surface area contributed by atoms with Gasteiger partial charge in [-0.05, 0) is 72.8 Å². The first-order valence-corrected chi connectivity index (χ1v) is 15.7. The second kappa shape index (κ2) is 11.7. The van der Waals surface area contributed by atoms with Crippen LogP contribution in [0.25, 0.3) is 11.1 Å². The maximum absolute atomic E-state index is 14.8. The molecule has 0 radical (unpaired) electrons. The van der Waals surface area contributed by atoms with Crippen LogP contribution in [0.1, 0.15) is 82.6 Å². The van der Waals surface area contributed by atoms with Crippen LogP contribution >= 0.6 is 0 Å². The largest absolute Gasteiger partial charge is 0.206 e. The molecule has 0 unspecified atom stereocenters. The molecule has 1 aliphatic carbocycles. The molecule has 0 spiro atoms. The molecular weight excluding hydrogens is 433 g/mol. The highest BCUT2D eigenvalue weighted by Gasteiger charge is 2.26. The van der Waals surface area contributed by atoms with Crippen molar-refractivity contribution < 1.29 is 13.2 Å². The lowest BCUT2D eigenvalue weighted by molar-refractivity contribution is 0.280. The van der Waals surface area contributed by atoms with Crippen molar-refractivity contribution in [1.29, 1.82) is 0 Å². The van der Waals surface area contributed by atoms with E-state index in [1.165, 1.54) is 57.4 Å². The van der Waals surface area contributed by atoms with Crippen molar-refractivity contribution in [1.82, 2.24) is 0 Å². The SMILES string of the molecule is CCCC[Si@H]1CC[C@H](CCC2CCC(c3ccc(-c4ccc(F)c(F)c4)c(F)c3)CC2)CC1. The fourth-order valence-corrected chi connectivity index (χ4v) is 9.98. The van der Waals surface area contributed by atoms with Crippen LogP contribution in [0.15, 0.2) is 36.4 Å². The summed E-state index contributed by atoms with van der Waals surface area (Å²) in [5.74, 6) is 0.0251. The quantitative estimate of drug-likeness (QED) is 0.336. The summed E-state index contributed by atoms with van der Waals surface area (Å²) in [4.78, 5) is 0. The van der Waals surface area contributed by atoms with E-state index in [4.69, 9.17) is 0 Å². The van der Waals surface area contributed by atoms with Crippen LogP contribution in [0, 0.1) is 29.3 Å². The summed E-state index contributed by atoms with van der Waals surface area (Å²) in [7, 11) is -0.384. The second-order valence-corrected chi connectivity index (χ2v) is 14.2. The van der Waals surface area contributed by atoms with Crippen molar-refractivity contribution >= 4 is 8.80 Å². The molecule has 2 aromatic rings. The lowest BCUT2D eigenvalue weighted by Gasteiger charge is -2.32. The van der Waals surface area contributed by atoms with Gasteiger partial charge in [0.25, 0.3) is 0 Å². The molecule has 2 fully saturated rings. The van der Waals surface area contributed by atoms with Crippen LogP contribution in [0.3, 0.4) is 0 Å². The third-order valence-corrected chi connectivity index (χ3v) is 12.0. The minimum atomic E-state index is -0.944. The molecule has 2 aliphatic rings. The molecule has 0 bridgehead atoms. The summed E-state index contributed by atoms with van der Waals surface area (Å²) >= 11 is 0. The molecule has 0 nitrogen and oxygen atoms in total. The molecule has 2 aromatic carbocycles. The lowest BCUT2D eigenvalue weighted by Crippen LogP contribution is -2.22. The van der Waals surface area contributed by atoms with Crippen molar-refractivity contribution in [3.63, 3.8) is 0 Å². The van der Waals surface area contributed by atoms with Crippen molar-refractivity contribution in [3.8, 4) is 11.1 Å². The maximum atomic E-state index is 14.8. The molecule has 33 heavy (non-hydrogen) atoms. The molecule has 1 saturated heterocycles. The van der Waals surface area contributed by atoms with Crippen molar-refractivity contribution in [2.75, 3.05) is 0 Å². The van der Waals surface area contributed by atoms with E-state index in [9.17, 15) is 13.2 Å². The number of rotatable bonds is 8. The van der Waals surface area contributed by atoms with Gasteiger partial charge in [0, 0.05) is 14.4 Å². The predicted octanol–water partition coefficient (Wildman–Crippen LogP) is 9.26. The Kier molecular flexibility index (Phi) is 8.73. The van der Waals surface area contributed by atoms with E-state index < -0.39 is 11.6 Å². The Morgan fingerprint density at radius 2 is 1.45 bits per heavy atom. The molecule has 1 saturated carbocycles. The fourth-order valence-electron chi connectivity index (χ4n) is 6.24. The van der Waals surface area contributed by atoms with Crippen molar-refractivity contribution in [3.05, 3.63) is 59.4 Å². The number of hydrogen-bond acceptors (Lipinski definition) is 0. The average Bonchev–Trinajstić information content (AvgIpc) is 2.84. The van der Waals surface area contributed by atoms with Crippen LogP contribution in [0.5, 0.6) is 0 Å². The molecule has 0 aromatic heterocycles. The number of hydrogen-bond donors (Lipinski definition) is 0. The van der Waals surface area contributed by atoms with Crippen LogP contribution in [-0.4, -0.2) is 8.80 Å². The summed E-state index contributed by atoms with van der Waals surface area (Å²) in [6, 6.07) is 13.6. The van der Waals surface area contributed by atoms with Crippen molar-refractivity contribution in [2.24, 2.45) is 11.8 Å². The Hall–Kier alpha value is -1.55. The summed E-state index contributed by atoms with van der Waals surface area (Å²) in [5, 5.41) is 0. The highest BCUT2D eigenvalue weighted by molar-refractivity contribution is 6.58. The first-order valence-electron chi connectivity index (χ1n) is 13.3. The monoisotopic (exact) mass is 472 g/mol. The van der Waals surface area contributed by atoms with Gasteiger partial charge in [-0.2, -0.15) is 0 Å². The Bertz CT molecular complexity index is 896. The van der Waals surface area contributed by atoms with E-state index in [0.717, 1.165) is 42.4 Å². The summed E-state index contributed by atoms with van der Waals surface area (Å²) < 4.78 is 41.6. The molecule has 180 valence electrons. The normalized spacial score (nSPS) is 25.8. The summed E-state index contributed by atoms with van der Waals surface area (Å²) in [6.45, 7) is 2.32. The zero-order chi connectivity index (χ0) is 23.2. The fraction of sp³-hybridized carbons (Fsp3) is 0.586. The van der Waals surface area contributed by atoms with Gasteiger partial charge in [-0.15, -0.1) is 0 Å². The minimum absolute atomic E-state index is 0.332. The van der Waals surface area contributed by atoms with Gasteiger partial charge in [0.2, 0.25) is 0 Å². The third-order valence-electron chi connectivity index (χ3n) is 8.46. The standard InChI is InChI=1S/C29H39F3Si/c1-2-3-16-33-17-14-22(15-18-33)5-4-21-6-8-23(9-7-21)24-10-12-26(28(31)19-24)25-11-13-27(30)29(32)20-25/h10-13,19-23,33H,2-9,14-18H2,1H3/t21?,22-,23?,33-. The molecule has 4 rings (SSSR count). The molecule has 0 atom stereocenters. The zero-order valence-corrected chi connectivity index (χ0v) is 21.3. The van der Waals surface area contributed by atoms with Crippen LogP contribution in [-0.2, 0) is 0 Å². The Morgan fingerprint density at radius 3 is 2.09 bits per heavy atom. The van der Waals surface area contributed by atoms with E-state index >= 15 is 0 Å². The van der Waals surface area contributed by atoms with Crippen LogP contribution < -0.4 is 0 Å². The van der Waals surface area contributed by atoms with E-state index in [2.05, 4.69) is 6.92 Å². The number of halogens is 3. The van der Waals surface area contributed by atoms with Crippen LogP contribution in [0.2, 0.25) is 18.1 Å². The maximum Gasteiger partial charge on any atom is 0.159 e. The molecule has 0 amide bonds. The summed E-state index contributed by atoms with van der Waals surface area (Å²) in [5.41, 5.74) is 1.76. The van der Waals surface area contributed by atoms with Crippen LogP contribution in [0.4, 0.5) is 13.2 Å². The first-order chi connectivity index (χ1) is 16.0. The van der Waals surface area contributed by atoms with Gasteiger partial charge in [-0.1, -0.05) is 81.8 Å². The topological polar surface area (TPSA) is 0 Å². The Labute approximate surface area is 199 Å². The highest BCUT2D eigenvalue weighted by Crippen LogP contribution is 2.40. The second-order valence-electron chi connectivity index (χ2n) is 10.7. The third kappa shape index (κ3) is 6.53. The molecule has 0 N–H and O–H groups in total. The Balaban J connectivity index is 1.24. The minimum Gasteiger partial charge on any atom is -0.206 e. The summed E-state index contributed by atoms with van der Waals surface area (Å²) in [6.07, 6.45) is 13.4. The van der Waals surface area contributed by atoms with Gasteiger partial charge in [0.1, 0.15) is 5.82 Å². The van der Waals surface area contributed by atoms with Gasteiger partial charge < -0.3 is 0 Å². The molecule has 1 aliphatic heterocycles. The Morgan fingerprint density at radius 1 is 0.758 bits per heavy atom. The van der Waals surface area contributed by atoms with Gasteiger partial charge in [0.15, 0.2) is 11.6 Å². The zero-order valence-electron chi connectivity index (χ0n) is 20.1. The van der Waals surface area contributed by atoms with E-state index in [0.29, 0.717) is 17.0 Å². The lowest BCUT2D eigenvalue weighted by atomic mass is 9.76. The number of benzene rings is 2. The van der Waals surface area contributed by atoms with E-state index in [1.54, 1.807) is 30.3 Å².